The van der Waals surface area contributed by atoms with E-state index in [2.05, 4.69) is 9.88 Å². The molecule has 2 aliphatic rings. The number of pyridine rings is 1. The first-order chi connectivity index (χ1) is 16.2. The molecule has 34 heavy (non-hydrogen) atoms. The van der Waals surface area contributed by atoms with Crippen molar-refractivity contribution in [1.82, 2.24) is 9.88 Å². The van der Waals surface area contributed by atoms with Gasteiger partial charge in [0.25, 0.3) is 0 Å². The summed E-state index contributed by atoms with van der Waals surface area (Å²) < 4.78 is 50.7. The van der Waals surface area contributed by atoms with Gasteiger partial charge in [-0.15, -0.1) is 0 Å². The second-order valence-electron chi connectivity index (χ2n) is 9.03. The van der Waals surface area contributed by atoms with E-state index in [0.29, 0.717) is 17.0 Å². The second kappa shape index (κ2) is 8.91. The van der Waals surface area contributed by atoms with Crippen molar-refractivity contribution >= 4 is 22.5 Å². The zero-order valence-electron chi connectivity index (χ0n) is 18.3. The fourth-order valence-electron chi connectivity index (χ4n) is 4.71. The zero-order valence-corrected chi connectivity index (χ0v) is 19.1. The van der Waals surface area contributed by atoms with Crippen LogP contribution < -0.4 is 9.47 Å². The van der Waals surface area contributed by atoms with Crippen LogP contribution in [-0.2, 0) is 12.6 Å². The molecule has 0 unspecified atom stereocenters. The Bertz CT molecular complexity index is 1200. The molecule has 3 heterocycles. The zero-order chi connectivity index (χ0) is 23.9. The Morgan fingerprint density at radius 3 is 2.65 bits per heavy atom. The highest BCUT2D eigenvalue weighted by Crippen LogP contribution is 2.42. The Kier molecular flexibility index (Phi) is 6.08. The number of halogens is 4. The van der Waals surface area contributed by atoms with Crippen molar-refractivity contribution in [2.75, 3.05) is 26.2 Å². The van der Waals surface area contributed by atoms with Crippen LogP contribution in [0.2, 0.25) is 5.02 Å². The smallest absolute Gasteiger partial charge is 0.416 e. The number of ether oxygens (including phenoxy) is 2. The van der Waals surface area contributed by atoms with Crippen LogP contribution in [-0.4, -0.2) is 52.9 Å². The summed E-state index contributed by atoms with van der Waals surface area (Å²) >= 11 is 6.11. The standard InChI is InChI=1S/C25H24ClF3N2O3/c26-19-4-5-22-17(11-19)13-24(34-22)7-9-31(10-8-24)14-20(32)15-33-23-6-2-16-1-3-18(25(27,28)29)12-21(16)30-23/h1-6,11-12,20,32H,7-10,13-15H2/t20-/m0/s1. The van der Waals surface area contributed by atoms with E-state index in [1.807, 2.05) is 18.2 Å². The summed E-state index contributed by atoms with van der Waals surface area (Å²) in [4.78, 5) is 6.34. The van der Waals surface area contributed by atoms with Gasteiger partial charge in [-0.25, -0.2) is 4.98 Å². The van der Waals surface area contributed by atoms with Crippen molar-refractivity contribution in [2.24, 2.45) is 0 Å². The molecule has 0 radical (unpaired) electrons. The summed E-state index contributed by atoms with van der Waals surface area (Å²) in [5, 5.41) is 11.8. The molecule has 1 N–H and O–H groups in total. The number of aliphatic hydroxyl groups is 1. The lowest BCUT2D eigenvalue weighted by Gasteiger charge is -2.39. The lowest BCUT2D eigenvalue weighted by molar-refractivity contribution is -0.137. The Labute approximate surface area is 200 Å². The van der Waals surface area contributed by atoms with Crippen LogP contribution in [0.25, 0.3) is 10.9 Å². The molecule has 1 saturated heterocycles. The molecule has 180 valence electrons. The van der Waals surface area contributed by atoms with Crippen molar-refractivity contribution in [2.45, 2.75) is 37.1 Å². The lowest BCUT2D eigenvalue weighted by Crippen LogP contribution is -2.49. The fraction of sp³-hybridized carbons (Fsp3) is 0.400. The quantitative estimate of drug-likeness (QED) is 0.536. The minimum Gasteiger partial charge on any atom is -0.487 e. The highest BCUT2D eigenvalue weighted by Gasteiger charge is 2.42. The van der Waals surface area contributed by atoms with Crippen LogP contribution in [0.4, 0.5) is 13.2 Å². The SMILES string of the molecule is O[C@H](COc1ccc2ccc(C(F)(F)F)cc2n1)CN1CCC2(CC1)Cc1cc(Cl)ccc1O2. The number of likely N-dealkylation sites (tertiary alicyclic amines) is 1. The Balaban J connectivity index is 1.13. The topological polar surface area (TPSA) is 54.8 Å². The minimum absolute atomic E-state index is 0.000445. The van der Waals surface area contributed by atoms with Crippen molar-refractivity contribution < 1.29 is 27.8 Å². The molecule has 2 aromatic carbocycles. The van der Waals surface area contributed by atoms with Gasteiger partial charge in [0.15, 0.2) is 0 Å². The van der Waals surface area contributed by atoms with Crippen LogP contribution >= 0.6 is 11.6 Å². The van der Waals surface area contributed by atoms with E-state index < -0.39 is 17.8 Å². The molecule has 1 spiro atoms. The summed E-state index contributed by atoms with van der Waals surface area (Å²) in [5.41, 5.74) is 0.363. The number of β-amino-alcohol motifs (C(OH)–C–C–N with tert-alkyl or cyclic N) is 1. The van der Waals surface area contributed by atoms with Gasteiger partial charge >= 0.3 is 6.18 Å². The van der Waals surface area contributed by atoms with E-state index in [-0.39, 0.29) is 23.6 Å². The van der Waals surface area contributed by atoms with E-state index in [9.17, 15) is 18.3 Å². The first-order valence-corrected chi connectivity index (χ1v) is 11.6. The molecule has 0 amide bonds. The highest BCUT2D eigenvalue weighted by molar-refractivity contribution is 6.30. The number of benzene rings is 2. The van der Waals surface area contributed by atoms with Gasteiger partial charge in [-0.3, -0.25) is 0 Å². The third-order valence-corrected chi connectivity index (χ3v) is 6.75. The van der Waals surface area contributed by atoms with Crippen LogP contribution in [0.3, 0.4) is 0 Å². The van der Waals surface area contributed by atoms with E-state index in [4.69, 9.17) is 21.1 Å². The predicted molar refractivity (Wildman–Crippen MR) is 122 cm³/mol. The molecule has 9 heteroatoms. The molecule has 1 aromatic heterocycles. The van der Waals surface area contributed by atoms with Crippen LogP contribution in [0, 0.1) is 0 Å². The molecular weight excluding hydrogens is 469 g/mol. The average molecular weight is 493 g/mol. The summed E-state index contributed by atoms with van der Waals surface area (Å²) in [6.45, 7) is 2.00. The lowest BCUT2D eigenvalue weighted by atomic mass is 9.87. The number of nitrogens with zero attached hydrogens (tertiary/aromatic N) is 2. The number of rotatable bonds is 5. The van der Waals surface area contributed by atoms with Gasteiger partial charge in [0.1, 0.15) is 24.1 Å². The first-order valence-electron chi connectivity index (χ1n) is 11.2. The number of hydrogen-bond donors (Lipinski definition) is 1. The van der Waals surface area contributed by atoms with Crippen LogP contribution in [0.5, 0.6) is 11.6 Å². The summed E-state index contributed by atoms with van der Waals surface area (Å²) in [6.07, 6.45) is -2.66. The third-order valence-electron chi connectivity index (χ3n) is 6.52. The van der Waals surface area contributed by atoms with Crippen molar-refractivity contribution in [3.63, 3.8) is 0 Å². The maximum absolute atomic E-state index is 13.0. The van der Waals surface area contributed by atoms with E-state index in [1.54, 1.807) is 12.1 Å². The molecule has 1 atom stereocenters. The largest absolute Gasteiger partial charge is 0.487 e. The number of alkyl halides is 3. The molecule has 3 aromatic rings. The van der Waals surface area contributed by atoms with Gasteiger partial charge in [0.05, 0.1) is 11.1 Å². The Morgan fingerprint density at radius 2 is 1.88 bits per heavy atom. The van der Waals surface area contributed by atoms with Gasteiger partial charge in [-0.05, 0) is 42.0 Å². The number of aliphatic hydroxyl groups excluding tert-OH is 1. The number of hydrogen-bond acceptors (Lipinski definition) is 5. The van der Waals surface area contributed by atoms with Crippen LogP contribution in [0.1, 0.15) is 24.0 Å². The maximum Gasteiger partial charge on any atom is 0.416 e. The molecular formula is C25H24ClF3N2O3. The van der Waals surface area contributed by atoms with Crippen molar-refractivity contribution in [1.29, 1.82) is 0 Å². The van der Waals surface area contributed by atoms with Gasteiger partial charge in [0, 0.05) is 55.4 Å². The Morgan fingerprint density at radius 1 is 1.12 bits per heavy atom. The molecule has 0 saturated carbocycles. The van der Waals surface area contributed by atoms with E-state index >= 15 is 0 Å². The highest BCUT2D eigenvalue weighted by atomic mass is 35.5. The molecule has 0 aliphatic carbocycles. The molecule has 1 fully saturated rings. The predicted octanol–water partition coefficient (Wildman–Crippen LogP) is 5.12. The summed E-state index contributed by atoms with van der Waals surface area (Å²) in [6, 6.07) is 12.4. The minimum atomic E-state index is -4.44. The number of aromatic nitrogens is 1. The number of fused-ring (bicyclic) bond motifs is 2. The molecule has 2 aliphatic heterocycles. The average Bonchev–Trinajstić information content (AvgIpc) is 3.15. The maximum atomic E-state index is 13.0. The van der Waals surface area contributed by atoms with Gasteiger partial charge in [-0.1, -0.05) is 17.7 Å². The fourth-order valence-corrected chi connectivity index (χ4v) is 4.91. The van der Waals surface area contributed by atoms with E-state index in [1.165, 1.54) is 6.07 Å². The number of piperidine rings is 1. The summed E-state index contributed by atoms with van der Waals surface area (Å²) in [7, 11) is 0. The first kappa shape index (κ1) is 23.2. The van der Waals surface area contributed by atoms with Crippen molar-refractivity contribution in [3.05, 3.63) is 64.7 Å². The normalized spacial score (nSPS) is 18.6. The monoisotopic (exact) mass is 492 g/mol. The summed E-state index contributed by atoms with van der Waals surface area (Å²) in [5.74, 6) is 1.08. The van der Waals surface area contributed by atoms with Crippen LogP contribution in [0.15, 0.2) is 48.5 Å². The Hall–Kier alpha value is -2.55. The van der Waals surface area contributed by atoms with Gasteiger partial charge in [-0.2, -0.15) is 13.2 Å². The molecule has 5 nitrogen and oxygen atoms in total. The van der Waals surface area contributed by atoms with Gasteiger partial charge in [0.2, 0.25) is 5.88 Å². The molecule has 5 rings (SSSR count). The van der Waals surface area contributed by atoms with E-state index in [0.717, 1.165) is 55.8 Å². The second-order valence-corrected chi connectivity index (χ2v) is 9.47. The van der Waals surface area contributed by atoms with Gasteiger partial charge < -0.3 is 19.5 Å². The third kappa shape index (κ3) is 4.94. The molecule has 0 bridgehead atoms. The van der Waals surface area contributed by atoms with Crippen molar-refractivity contribution in [3.8, 4) is 11.6 Å².